The second kappa shape index (κ2) is 8.87. The van der Waals surface area contributed by atoms with Gasteiger partial charge in [-0.2, -0.15) is 0 Å². The van der Waals surface area contributed by atoms with Gasteiger partial charge in [-0.1, -0.05) is 12.1 Å². The van der Waals surface area contributed by atoms with Crippen LogP contribution in [0.3, 0.4) is 0 Å². The molecule has 1 aliphatic heterocycles. The highest BCUT2D eigenvalue weighted by atomic mass is 32.1. The number of piperazine rings is 1. The summed E-state index contributed by atoms with van der Waals surface area (Å²) in [4.78, 5) is 32.9. The van der Waals surface area contributed by atoms with E-state index in [-0.39, 0.29) is 23.2 Å². The topological polar surface area (TPSA) is 77.6 Å². The van der Waals surface area contributed by atoms with E-state index in [0.717, 1.165) is 0 Å². The molecule has 0 atom stereocenters. The zero-order valence-corrected chi connectivity index (χ0v) is 17.7. The number of carbonyl (C=O) groups excluding carboxylic acids is 2. The molecular formula is C20H26FN5O2S. The Bertz CT molecular complexity index is 872. The molecule has 1 fully saturated rings. The number of hydrogen-bond acceptors (Lipinski definition) is 6. The molecule has 0 bridgehead atoms. The molecule has 0 radical (unpaired) electrons. The Morgan fingerprint density at radius 1 is 1.17 bits per heavy atom. The number of rotatable bonds is 5. The molecule has 2 aromatic rings. The lowest BCUT2D eigenvalue weighted by atomic mass is 10.1. The molecule has 2 amide bonds. The summed E-state index contributed by atoms with van der Waals surface area (Å²) < 4.78 is 13.8. The van der Waals surface area contributed by atoms with Crippen LogP contribution in [0.15, 0.2) is 29.6 Å². The SMILES string of the molecule is CC(C)(C)NC(=O)CN1CCN(C(=O)c2csc(Nc3ccccc3F)n2)CC1. The van der Waals surface area contributed by atoms with Crippen molar-refractivity contribution in [2.45, 2.75) is 26.3 Å². The maximum Gasteiger partial charge on any atom is 0.273 e. The van der Waals surface area contributed by atoms with Crippen molar-refractivity contribution in [3.05, 3.63) is 41.2 Å². The molecule has 2 heterocycles. The lowest BCUT2D eigenvalue weighted by Crippen LogP contribution is -2.52. The number of carbonyl (C=O) groups is 2. The number of halogens is 1. The maximum absolute atomic E-state index is 13.8. The lowest BCUT2D eigenvalue weighted by Gasteiger charge is -2.34. The van der Waals surface area contributed by atoms with E-state index in [1.165, 1.54) is 17.4 Å². The van der Waals surface area contributed by atoms with Gasteiger partial charge < -0.3 is 15.5 Å². The highest BCUT2D eigenvalue weighted by molar-refractivity contribution is 7.14. The quantitative estimate of drug-likeness (QED) is 0.779. The smallest absolute Gasteiger partial charge is 0.273 e. The lowest BCUT2D eigenvalue weighted by molar-refractivity contribution is -0.124. The second-order valence-corrected chi connectivity index (χ2v) is 8.87. The van der Waals surface area contributed by atoms with Crippen LogP contribution >= 0.6 is 11.3 Å². The molecule has 0 aliphatic carbocycles. The highest BCUT2D eigenvalue weighted by Crippen LogP contribution is 2.23. The zero-order chi connectivity index (χ0) is 21.0. The Morgan fingerprint density at radius 3 is 2.52 bits per heavy atom. The number of para-hydroxylation sites is 1. The van der Waals surface area contributed by atoms with Crippen LogP contribution in [0.1, 0.15) is 31.3 Å². The molecule has 1 saturated heterocycles. The van der Waals surface area contributed by atoms with Gasteiger partial charge in [-0.05, 0) is 32.9 Å². The largest absolute Gasteiger partial charge is 0.350 e. The van der Waals surface area contributed by atoms with Gasteiger partial charge in [0.2, 0.25) is 5.91 Å². The van der Waals surface area contributed by atoms with Crippen LogP contribution in [0.5, 0.6) is 0 Å². The molecule has 0 spiro atoms. The van der Waals surface area contributed by atoms with Gasteiger partial charge in [0.05, 0.1) is 12.2 Å². The number of nitrogens with one attached hydrogen (secondary N) is 2. The van der Waals surface area contributed by atoms with Crippen LogP contribution in [-0.2, 0) is 4.79 Å². The van der Waals surface area contributed by atoms with Gasteiger partial charge in [0, 0.05) is 37.1 Å². The average Bonchev–Trinajstić information content (AvgIpc) is 3.11. The molecule has 3 rings (SSSR count). The van der Waals surface area contributed by atoms with E-state index in [1.807, 2.05) is 25.7 Å². The van der Waals surface area contributed by atoms with Crippen molar-refractivity contribution in [2.75, 3.05) is 38.0 Å². The molecule has 7 nitrogen and oxygen atoms in total. The fourth-order valence-electron chi connectivity index (χ4n) is 3.04. The third kappa shape index (κ3) is 5.98. The number of aromatic nitrogens is 1. The summed E-state index contributed by atoms with van der Waals surface area (Å²) in [6.45, 7) is 8.51. The van der Waals surface area contributed by atoms with Crippen LogP contribution in [0.4, 0.5) is 15.2 Å². The van der Waals surface area contributed by atoms with Crippen LogP contribution in [0, 0.1) is 5.82 Å². The van der Waals surface area contributed by atoms with Crippen molar-refractivity contribution in [2.24, 2.45) is 0 Å². The number of anilines is 2. The molecule has 0 unspecified atom stereocenters. The number of amides is 2. The van der Waals surface area contributed by atoms with E-state index in [2.05, 4.69) is 15.6 Å². The number of thiazole rings is 1. The average molecular weight is 420 g/mol. The second-order valence-electron chi connectivity index (χ2n) is 8.01. The van der Waals surface area contributed by atoms with Crippen molar-refractivity contribution in [3.63, 3.8) is 0 Å². The van der Waals surface area contributed by atoms with E-state index in [0.29, 0.717) is 49.2 Å². The maximum atomic E-state index is 13.8. The van der Waals surface area contributed by atoms with Gasteiger partial charge in [0.1, 0.15) is 11.5 Å². The molecule has 29 heavy (non-hydrogen) atoms. The standard InChI is InChI=1S/C20H26FN5O2S/c1-20(2,3)24-17(27)12-25-8-10-26(11-9-25)18(28)16-13-29-19(23-16)22-15-7-5-4-6-14(15)21/h4-7,13H,8-12H2,1-3H3,(H,22,23)(H,24,27). The van der Waals surface area contributed by atoms with Gasteiger partial charge in [-0.25, -0.2) is 9.37 Å². The predicted octanol–water partition coefficient (Wildman–Crippen LogP) is 2.70. The minimum Gasteiger partial charge on any atom is -0.350 e. The summed E-state index contributed by atoms with van der Waals surface area (Å²) >= 11 is 1.26. The van der Waals surface area contributed by atoms with Gasteiger partial charge in [-0.3, -0.25) is 14.5 Å². The number of hydrogen-bond donors (Lipinski definition) is 2. The Labute approximate surface area is 173 Å². The highest BCUT2D eigenvalue weighted by Gasteiger charge is 2.25. The van der Waals surface area contributed by atoms with Gasteiger partial charge in [0.15, 0.2) is 5.13 Å². The van der Waals surface area contributed by atoms with E-state index >= 15 is 0 Å². The van der Waals surface area contributed by atoms with Gasteiger partial charge in [-0.15, -0.1) is 11.3 Å². The molecule has 156 valence electrons. The van der Waals surface area contributed by atoms with Crippen LogP contribution in [-0.4, -0.2) is 64.9 Å². The number of nitrogens with zero attached hydrogens (tertiary/aromatic N) is 3. The minimum atomic E-state index is -0.373. The van der Waals surface area contributed by atoms with Crippen LogP contribution in [0.2, 0.25) is 0 Å². The van der Waals surface area contributed by atoms with E-state index in [9.17, 15) is 14.0 Å². The number of benzene rings is 1. The molecule has 2 N–H and O–H groups in total. The van der Waals surface area contributed by atoms with E-state index in [1.54, 1.807) is 28.5 Å². The first-order valence-electron chi connectivity index (χ1n) is 9.51. The summed E-state index contributed by atoms with van der Waals surface area (Å²) in [7, 11) is 0. The molecular weight excluding hydrogens is 393 g/mol. The Hall–Kier alpha value is -2.52. The van der Waals surface area contributed by atoms with Gasteiger partial charge in [0.25, 0.3) is 5.91 Å². The van der Waals surface area contributed by atoms with Crippen molar-refractivity contribution >= 4 is 34.0 Å². The van der Waals surface area contributed by atoms with E-state index < -0.39 is 0 Å². The normalized spacial score (nSPS) is 15.2. The van der Waals surface area contributed by atoms with Crippen molar-refractivity contribution in [3.8, 4) is 0 Å². The first-order chi connectivity index (χ1) is 13.7. The Balaban J connectivity index is 1.52. The van der Waals surface area contributed by atoms with Crippen molar-refractivity contribution in [1.82, 2.24) is 20.1 Å². The third-order valence-corrected chi connectivity index (χ3v) is 5.14. The summed E-state index contributed by atoms with van der Waals surface area (Å²) in [5.41, 5.74) is 0.407. The monoisotopic (exact) mass is 419 g/mol. The first kappa shape index (κ1) is 21.2. The predicted molar refractivity (Wildman–Crippen MR) is 112 cm³/mol. The van der Waals surface area contributed by atoms with Crippen molar-refractivity contribution in [1.29, 1.82) is 0 Å². The molecule has 0 saturated carbocycles. The third-order valence-electron chi connectivity index (χ3n) is 4.38. The summed E-state index contributed by atoms with van der Waals surface area (Å²) in [6, 6.07) is 6.33. The molecule has 1 aliphatic rings. The van der Waals surface area contributed by atoms with Gasteiger partial charge >= 0.3 is 0 Å². The molecule has 1 aromatic heterocycles. The fourth-order valence-corrected chi connectivity index (χ4v) is 3.74. The Kier molecular flexibility index (Phi) is 6.49. The summed E-state index contributed by atoms with van der Waals surface area (Å²) in [5.74, 6) is -0.538. The van der Waals surface area contributed by atoms with Crippen molar-refractivity contribution < 1.29 is 14.0 Å². The first-order valence-corrected chi connectivity index (χ1v) is 10.4. The molecule has 1 aromatic carbocycles. The zero-order valence-electron chi connectivity index (χ0n) is 16.9. The van der Waals surface area contributed by atoms with Crippen LogP contribution in [0.25, 0.3) is 0 Å². The van der Waals surface area contributed by atoms with Crippen LogP contribution < -0.4 is 10.6 Å². The Morgan fingerprint density at radius 2 is 1.86 bits per heavy atom. The fraction of sp³-hybridized carbons (Fsp3) is 0.450. The summed E-state index contributed by atoms with van der Waals surface area (Å²) in [6.07, 6.45) is 0. The minimum absolute atomic E-state index is 0.0133. The van der Waals surface area contributed by atoms with E-state index in [4.69, 9.17) is 0 Å². The molecule has 9 heteroatoms. The summed E-state index contributed by atoms with van der Waals surface area (Å²) in [5, 5.41) is 8.00.